The summed E-state index contributed by atoms with van der Waals surface area (Å²) in [7, 11) is 4.43. The molecule has 0 saturated carbocycles. The minimum absolute atomic E-state index is 1.18. The molecule has 0 unspecified atom stereocenters. The van der Waals surface area contributed by atoms with Crippen LogP contribution in [-0.2, 0) is 0 Å². The summed E-state index contributed by atoms with van der Waals surface area (Å²) >= 11 is 0. The van der Waals surface area contributed by atoms with Gasteiger partial charge in [0, 0.05) is 57.8 Å². The Morgan fingerprint density at radius 2 is 0.438 bits per heavy atom. The molecule has 0 saturated heterocycles. The number of para-hydroxylation sites is 3. The first-order chi connectivity index (χ1) is 31.3. The Balaban J connectivity index is 0.000000891. The molecule has 3 aromatic rings. The van der Waals surface area contributed by atoms with Crippen LogP contribution in [0.1, 0.15) is 213 Å². The monoisotopic (exact) mass is 888 g/mol. The average Bonchev–Trinajstić information content (AvgIpc) is 3.31. The van der Waals surface area contributed by atoms with Crippen molar-refractivity contribution in [2.45, 2.75) is 213 Å². The van der Waals surface area contributed by atoms with Crippen molar-refractivity contribution >= 4 is 24.4 Å². The molecule has 7 heteroatoms. The maximum Gasteiger partial charge on any atom is 0.631 e. The lowest BCUT2D eigenvalue weighted by atomic mass is 10.1. The van der Waals surface area contributed by atoms with Gasteiger partial charge in [-0.3, -0.25) is 0 Å². The van der Waals surface area contributed by atoms with Gasteiger partial charge < -0.3 is 29.8 Å². The second-order valence-corrected chi connectivity index (χ2v) is 18.2. The Labute approximate surface area is 397 Å². The molecule has 0 aliphatic rings. The van der Waals surface area contributed by atoms with Gasteiger partial charge in [-0.25, -0.2) is 0 Å². The van der Waals surface area contributed by atoms with Crippen molar-refractivity contribution in [3.05, 3.63) is 91.0 Å². The van der Waals surface area contributed by atoms with Crippen LogP contribution in [0.2, 0.25) is 0 Å². The third-order valence-electron chi connectivity index (χ3n) is 12.1. The van der Waals surface area contributed by atoms with Crippen LogP contribution in [0, 0.1) is 0 Å². The first-order valence-electron chi connectivity index (χ1n) is 26.6. The largest absolute Gasteiger partial charge is 0.631 e. The normalized spacial score (nSPS) is 10.5. The Bertz CT molecular complexity index is 1140. The van der Waals surface area contributed by atoms with E-state index in [2.05, 4.69) is 148 Å². The third kappa shape index (κ3) is 41.7. The molecule has 0 spiro atoms. The predicted octanol–water partition coefficient (Wildman–Crippen LogP) is 16.1. The Hall–Kier alpha value is -3.00. The zero-order valence-corrected chi connectivity index (χ0v) is 42.8. The second-order valence-electron chi connectivity index (χ2n) is 18.2. The predicted molar refractivity (Wildman–Crippen MR) is 287 cm³/mol. The Kier molecular flexibility index (Phi) is 45.7. The lowest BCUT2D eigenvalue weighted by molar-refractivity contribution is 0.278. The molecule has 0 amide bonds. The molecule has 0 bridgehead atoms. The van der Waals surface area contributed by atoms with Crippen LogP contribution in [0.3, 0.4) is 0 Å². The van der Waals surface area contributed by atoms with Gasteiger partial charge in [-0.15, -0.1) is 0 Å². The molecule has 0 radical (unpaired) electrons. The lowest BCUT2D eigenvalue weighted by Gasteiger charge is -2.18. The van der Waals surface area contributed by atoms with Gasteiger partial charge in [-0.1, -0.05) is 249 Å². The van der Waals surface area contributed by atoms with Crippen molar-refractivity contribution < 1.29 is 15.1 Å². The fourth-order valence-electron chi connectivity index (χ4n) is 7.94. The summed E-state index contributed by atoms with van der Waals surface area (Å²) < 4.78 is 0. The first-order valence-corrected chi connectivity index (χ1v) is 26.6. The van der Waals surface area contributed by atoms with Gasteiger partial charge in [-0.2, -0.15) is 0 Å². The molecule has 0 aromatic heterocycles. The third-order valence-corrected chi connectivity index (χ3v) is 12.1. The van der Waals surface area contributed by atoms with Gasteiger partial charge in [0.2, 0.25) is 0 Å². The number of hydrogen-bond donors (Lipinski definition) is 3. The zero-order chi connectivity index (χ0) is 47.0. The van der Waals surface area contributed by atoms with E-state index in [0.717, 1.165) is 0 Å². The quantitative estimate of drug-likeness (QED) is 0.0399. The molecular weight excluding hydrogens is 785 g/mol. The smallest absolute Gasteiger partial charge is 0.402 e. The summed E-state index contributed by atoms with van der Waals surface area (Å²) in [6.45, 7) is 10.4. The minimum Gasteiger partial charge on any atom is -0.402 e. The van der Waals surface area contributed by atoms with Crippen molar-refractivity contribution in [1.82, 2.24) is 0 Å². The summed E-state index contributed by atoms with van der Waals surface area (Å²) in [4.78, 5) is 7.10. The van der Waals surface area contributed by atoms with E-state index in [1.807, 2.05) is 0 Å². The maximum atomic E-state index is 7.17. The molecule has 3 aromatic carbocycles. The minimum atomic E-state index is -2.17. The van der Waals surface area contributed by atoms with Crippen LogP contribution in [0.15, 0.2) is 91.0 Å². The molecule has 0 aliphatic carbocycles. The Morgan fingerprint density at radius 1 is 0.281 bits per heavy atom. The molecule has 0 fully saturated rings. The summed E-state index contributed by atoms with van der Waals surface area (Å²) in [6.07, 6.45) is 42.3. The molecule has 64 heavy (non-hydrogen) atoms. The second kappa shape index (κ2) is 48.0. The Morgan fingerprint density at radius 3 is 0.609 bits per heavy atom. The molecule has 0 atom stereocenters. The molecule has 0 aliphatic heterocycles. The fourth-order valence-corrected chi connectivity index (χ4v) is 7.94. The van der Waals surface area contributed by atoms with Crippen molar-refractivity contribution in [1.29, 1.82) is 0 Å². The number of unbranched alkanes of at least 4 members (excludes halogenated alkanes) is 27. The van der Waals surface area contributed by atoms with Crippen molar-refractivity contribution in [3.63, 3.8) is 0 Å². The van der Waals surface area contributed by atoms with Crippen LogP contribution in [0.4, 0.5) is 17.1 Å². The highest BCUT2D eigenvalue weighted by atomic mass is 16.5. The van der Waals surface area contributed by atoms with Crippen LogP contribution >= 0.6 is 0 Å². The summed E-state index contributed by atoms with van der Waals surface area (Å²) in [5, 5.41) is 21.5. The summed E-state index contributed by atoms with van der Waals surface area (Å²) in [5.74, 6) is 0. The van der Waals surface area contributed by atoms with Gasteiger partial charge in [0.25, 0.3) is 0 Å². The lowest BCUT2D eigenvalue weighted by Crippen LogP contribution is -2.18. The molecule has 3 N–H and O–H groups in total. The van der Waals surface area contributed by atoms with Gasteiger partial charge in [0.15, 0.2) is 0 Å². The van der Waals surface area contributed by atoms with Crippen molar-refractivity contribution in [2.24, 2.45) is 0 Å². The van der Waals surface area contributed by atoms with E-state index in [4.69, 9.17) is 15.1 Å². The van der Waals surface area contributed by atoms with Gasteiger partial charge >= 0.3 is 7.32 Å². The molecule has 6 nitrogen and oxygen atoms in total. The standard InChI is InChI=1S/3C19H33N.BH3O3/c3*1-3-4-5-6-7-8-9-10-11-15-18-20(2)19-16-13-12-14-17-19;2-1(3)4/h3*12-14,16-17H,3-11,15,18H2,1-2H3;2-4H. The average molecular weight is 888 g/mol. The highest BCUT2D eigenvalue weighted by molar-refractivity contribution is 6.30. The topological polar surface area (TPSA) is 70.4 Å². The van der Waals surface area contributed by atoms with E-state index >= 15 is 0 Å². The highest BCUT2D eigenvalue weighted by Crippen LogP contribution is 2.17. The van der Waals surface area contributed by atoms with Crippen LogP contribution in [0.25, 0.3) is 0 Å². The highest BCUT2D eigenvalue weighted by Gasteiger charge is 2.02. The summed E-state index contributed by atoms with van der Waals surface area (Å²) in [5.41, 5.74) is 4.01. The van der Waals surface area contributed by atoms with Crippen LogP contribution < -0.4 is 14.7 Å². The van der Waals surface area contributed by atoms with Gasteiger partial charge in [0.05, 0.1) is 0 Å². The number of hydrogen-bond acceptors (Lipinski definition) is 6. The molecule has 3 rings (SSSR count). The van der Waals surface area contributed by atoms with Gasteiger partial charge in [-0.05, 0) is 55.7 Å². The van der Waals surface area contributed by atoms with E-state index in [1.165, 1.54) is 229 Å². The number of anilines is 3. The first kappa shape index (κ1) is 61.0. The van der Waals surface area contributed by atoms with Crippen LogP contribution in [-0.4, -0.2) is 63.2 Å². The molecular formula is C57H102BN3O3. The van der Waals surface area contributed by atoms with E-state index in [0.29, 0.717) is 0 Å². The van der Waals surface area contributed by atoms with E-state index < -0.39 is 7.32 Å². The van der Waals surface area contributed by atoms with E-state index in [9.17, 15) is 0 Å². The van der Waals surface area contributed by atoms with Crippen molar-refractivity contribution in [3.8, 4) is 0 Å². The van der Waals surface area contributed by atoms with Gasteiger partial charge in [0.1, 0.15) is 0 Å². The maximum absolute atomic E-state index is 7.17. The van der Waals surface area contributed by atoms with Crippen LogP contribution in [0.5, 0.6) is 0 Å². The van der Waals surface area contributed by atoms with Crippen molar-refractivity contribution in [2.75, 3.05) is 55.5 Å². The number of benzene rings is 3. The van der Waals surface area contributed by atoms with E-state index in [1.54, 1.807) is 0 Å². The van der Waals surface area contributed by atoms with E-state index in [-0.39, 0.29) is 0 Å². The molecule has 0 heterocycles. The number of rotatable bonds is 36. The SMILES string of the molecule is CCCCCCCCCCCCN(C)c1ccccc1.CCCCCCCCCCCCN(C)c1ccccc1.CCCCCCCCCCCCN(C)c1ccccc1.OB(O)O. The zero-order valence-electron chi connectivity index (χ0n) is 42.8. The summed E-state index contributed by atoms with van der Waals surface area (Å²) in [6, 6.07) is 32.1. The molecule has 366 valence electrons. The number of nitrogens with zero attached hydrogens (tertiary/aromatic N) is 3. The fraction of sp³-hybridized carbons (Fsp3) is 0.684.